The Morgan fingerprint density at radius 2 is 2.09 bits per heavy atom. The van der Waals surface area contributed by atoms with Crippen molar-refractivity contribution in [1.82, 2.24) is 24.9 Å². The minimum Gasteiger partial charge on any atom is -0.330 e. The van der Waals surface area contributed by atoms with Gasteiger partial charge in [0.1, 0.15) is 5.69 Å². The van der Waals surface area contributed by atoms with Crippen LogP contribution in [0.4, 0.5) is 0 Å². The number of aromatic nitrogens is 4. The Hall–Kier alpha value is -2.11. The summed E-state index contributed by atoms with van der Waals surface area (Å²) in [5.41, 5.74) is 2.50. The van der Waals surface area contributed by atoms with E-state index in [1.54, 1.807) is 10.9 Å². The summed E-state index contributed by atoms with van der Waals surface area (Å²) in [6, 6.07) is 1.96. The van der Waals surface area contributed by atoms with Gasteiger partial charge >= 0.3 is 0 Å². The molecule has 0 aliphatic heterocycles. The fraction of sp³-hybridized carbons (Fsp3) is 0.562. The van der Waals surface area contributed by atoms with Gasteiger partial charge in [0.05, 0.1) is 6.20 Å². The Kier molecular flexibility index (Phi) is 5.00. The van der Waals surface area contributed by atoms with Gasteiger partial charge in [-0.15, -0.1) is 0 Å². The molecule has 6 heteroatoms. The van der Waals surface area contributed by atoms with E-state index in [0.29, 0.717) is 18.2 Å². The second-order valence-electron chi connectivity index (χ2n) is 6.43. The lowest BCUT2D eigenvalue weighted by Gasteiger charge is -2.25. The number of nitrogens with one attached hydrogen (secondary N) is 1. The maximum atomic E-state index is 12.7. The molecule has 22 heavy (non-hydrogen) atoms. The topological polar surface area (TPSA) is 66.8 Å². The third-order valence-electron chi connectivity index (χ3n) is 3.47. The van der Waals surface area contributed by atoms with Crippen molar-refractivity contribution in [3.8, 4) is 0 Å². The maximum Gasteiger partial charge on any atom is 0.274 e. The Morgan fingerprint density at radius 1 is 1.36 bits per heavy atom. The molecule has 0 aliphatic carbocycles. The number of nitrogens with zero attached hydrogens (tertiary/aromatic N) is 4. The molecular formula is C16H25N5O. The summed E-state index contributed by atoms with van der Waals surface area (Å²) >= 11 is 0. The van der Waals surface area contributed by atoms with Crippen LogP contribution in [0.2, 0.25) is 0 Å². The molecule has 0 fully saturated rings. The lowest BCUT2D eigenvalue weighted by molar-refractivity contribution is 0.0684. The molecule has 0 radical (unpaired) electrons. The predicted octanol–water partition coefficient (Wildman–Crippen LogP) is 2.39. The van der Waals surface area contributed by atoms with Crippen molar-refractivity contribution in [2.45, 2.75) is 46.7 Å². The fourth-order valence-corrected chi connectivity index (χ4v) is 2.40. The smallest absolute Gasteiger partial charge is 0.274 e. The minimum atomic E-state index is -0.0508. The van der Waals surface area contributed by atoms with Gasteiger partial charge in [0.25, 0.3) is 5.91 Å². The number of amides is 1. The molecule has 2 aromatic heterocycles. The summed E-state index contributed by atoms with van der Waals surface area (Å²) in [4.78, 5) is 14.5. The zero-order chi connectivity index (χ0) is 16.3. The van der Waals surface area contributed by atoms with Gasteiger partial charge in [0, 0.05) is 37.1 Å². The molecule has 0 bridgehead atoms. The first-order valence-electron chi connectivity index (χ1n) is 7.69. The van der Waals surface area contributed by atoms with Crippen LogP contribution in [0.1, 0.15) is 49.4 Å². The summed E-state index contributed by atoms with van der Waals surface area (Å²) < 4.78 is 1.74. The number of aryl methyl sites for hydroxylation is 1. The Labute approximate surface area is 131 Å². The number of carbonyl (C=O) groups is 1. The van der Waals surface area contributed by atoms with Gasteiger partial charge in [-0.2, -0.15) is 10.2 Å². The van der Waals surface area contributed by atoms with Crippen LogP contribution in [-0.2, 0) is 20.0 Å². The summed E-state index contributed by atoms with van der Waals surface area (Å²) in [5, 5.41) is 11.3. The summed E-state index contributed by atoms with van der Waals surface area (Å²) in [6.07, 6.45) is 4.61. The van der Waals surface area contributed by atoms with Crippen LogP contribution >= 0.6 is 0 Å². The second kappa shape index (κ2) is 6.77. The van der Waals surface area contributed by atoms with Crippen LogP contribution in [-0.4, -0.2) is 36.8 Å². The monoisotopic (exact) mass is 303 g/mol. The van der Waals surface area contributed by atoms with Crippen LogP contribution in [0.3, 0.4) is 0 Å². The fourth-order valence-electron chi connectivity index (χ4n) is 2.40. The van der Waals surface area contributed by atoms with Crippen LogP contribution in [0.5, 0.6) is 0 Å². The second-order valence-corrected chi connectivity index (χ2v) is 6.43. The molecule has 0 unspecified atom stereocenters. The van der Waals surface area contributed by atoms with E-state index in [9.17, 15) is 4.79 Å². The van der Waals surface area contributed by atoms with E-state index in [4.69, 9.17) is 0 Å². The van der Waals surface area contributed by atoms with E-state index in [0.717, 1.165) is 17.7 Å². The molecule has 6 nitrogen and oxygen atoms in total. The van der Waals surface area contributed by atoms with Gasteiger partial charge in [-0.1, -0.05) is 13.8 Å². The molecule has 2 heterocycles. The van der Waals surface area contributed by atoms with Crippen molar-refractivity contribution in [3.63, 3.8) is 0 Å². The standard InChI is InChI=1S/C16H25N5O/c1-11(2)6-14-7-15(19-18-14)16(22)21(12(3)4)10-13-8-17-20(5)9-13/h7-9,11-12H,6,10H2,1-5H3,(H,18,19). The van der Waals surface area contributed by atoms with Crippen LogP contribution in [0.15, 0.2) is 18.5 Å². The molecule has 0 aliphatic rings. The molecule has 0 atom stereocenters. The van der Waals surface area contributed by atoms with E-state index >= 15 is 0 Å². The average Bonchev–Trinajstić information content (AvgIpc) is 3.03. The number of rotatable bonds is 6. The van der Waals surface area contributed by atoms with E-state index in [1.165, 1.54) is 0 Å². The highest BCUT2D eigenvalue weighted by molar-refractivity contribution is 5.92. The molecule has 2 rings (SSSR count). The SMILES string of the molecule is CC(C)Cc1cc(C(=O)N(Cc2cnn(C)c2)C(C)C)n[nH]1. The Bertz CT molecular complexity index is 626. The normalized spacial score (nSPS) is 11.4. The summed E-state index contributed by atoms with van der Waals surface area (Å²) in [5.74, 6) is 0.477. The van der Waals surface area contributed by atoms with Crippen molar-refractivity contribution in [2.24, 2.45) is 13.0 Å². The largest absolute Gasteiger partial charge is 0.330 e. The van der Waals surface area contributed by atoms with Gasteiger partial charge < -0.3 is 4.90 Å². The zero-order valence-corrected chi connectivity index (χ0v) is 14.0. The van der Waals surface area contributed by atoms with Gasteiger partial charge in [-0.05, 0) is 32.3 Å². The molecule has 120 valence electrons. The maximum absolute atomic E-state index is 12.7. The zero-order valence-electron chi connectivity index (χ0n) is 14.0. The van der Waals surface area contributed by atoms with E-state index in [1.807, 2.05) is 38.1 Å². The minimum absolute atomic E-state index is 0.0508. The molecule has 1 amide bonds. The quantitative estimate of drug-likeness (QED) is 0.891. The first kappa shape index (κ1) is 16.3. The highest BCUT2D eigenvalue weighted by Gasteiger charge is 2.22. The molecule has 0 saturated carbocycles. The molecule has 1 N–H and O–H groups in total. The summed E-state index contributed by atoms with van der Waals surface area (Å²) in [6.45, 7) is 8.85. The first-order valence-corrected chi connectivity index (χ1v) is 7.69. The van der Waals surface area contributed by atoms with E-state index in [2.05, 4.69) is 29.1 Å². The van der Waals surface area contributed by atoms with Crippen LogP contribution in [0, 0.1) is 5.92 Å². The molecule has 0 saturated heterocycles. The first-order chi connectivity index (χ1) is 10.4. The van der Waals surface area contributed by atoms with Crippen molar-refractivity contribution in [1.29, 1.82) is 0 Å². The van der Waals surface area contributed by atoms with Crippen molar-refractivity contribution in [2.75, 3.05) is 0 Å². The Balaban J connectivity index is 2.13. The van der Waals surface area contributed by atoms with Gasteiger partial charge in [0.2, 0.25) is 0 Å². The van der Waals surface area contributed by atoms with Crippen LogP contribution in [0.25, 0.3) is 0 Å². The van der Waals surface area contributed by atoms with Crippen LogP contribution < -0.4 is 0 Å². The molecule has 2 aromatic rings. The number of hydrogen-bond acceptors (Lipinski definition) is 3. The lowest BCUT2D eigenvalue weighted by atomic mass is 10.1. The molecule has 0 spiro atoms. The van der Waals surface area contributed by atoms with Gasteiger partial charge in [-0.3, -0.25) is 14.6 Å². The highest BCUT2D eigenvalue weighted by Crippen LogP contribution is 2.14. The highest BCUT2D eigenvalue weighted by atomic mass is 16.2. The summed E-state index contributed by atoms with van der Waals surface area (Å²) in [7, 11) is 1.87. The number of aromatic amines is 1. The molecule has 0 aromatic carbocycles. The predicted molar refractivity (Wildman–Crippen MR) is 85.3 cm³/mol. The average molecular weight is 303 g/mol. The third-order valence-corrected chi connectivity index (χ3v) is 3.47. The van der Waals surface area contributed by atoms with Crippen molar-refractivity contribution < 1.29 is 4.79 Å². The van der Waals surface area contributed by atoms with E-state index < -0.39 is 0 Å². The lowest BCUT2D eigenvalue weighted by Crippen LogP contribution is -2.36. The number of H-pyrrole nitrogens is 1. The van der Waals surface area contributed by atoms with Gasteiger partial charge in [-0.25, -0.2) is 0 Å². The number of hydrogen-bond donors (Lipinski definition) is 1. The molecular weight excluding hydrogens is 278 g/mol. The Morgan fingerprint density at radius 3 is 2.64 bits per heavy atom. The van der Waals surface area contributed by atoms with Crippen molar-refractivity contribution in [3.05, 3.63) is 35.4 Å². The van der Waals surface area contributed by atoms with E-state index in [-0.39, 0.29) is 11.9 Å². The number of carbonyl (C=O) groups excluding carboxylic acids is 1. The third kappa shape index (κ3) is 3.96. The van der Waals surface area contributed by atoms with Crippen molar-refractivity contribution >= 4 is 5.91 Å². The van der Waals surface area contributed by atoms with Gasteiger partial charge in [0.15, 0.2) is 0 Å².